The van der Waals surface area contributed by atoms with E-state index in [1.807, 2.05) is 14.1 Å². The lowest BCUT2D eigenvalue weighted by Crippen LogP contribution is -2.56. The minimum Gasteiger partial charge on any atom is -0.394 e. The molecular weight excluding hydrogens is 352 g/mol. The summed E-state index contributed by atoms with van der Waals surface area (Å²) in [5.41, 5.74) is 0.965. The van der Waals surface area contributed by atoms with Crippen molar-refractivity contribution in [2.24, 2.45) is 39.7 Å². The van der Waals surface area contributed by atoms with E-state index in [1.165, 1.54) is 0 Å². The summed E-state index contributed by atoms with van der Waals surface area (Å²) in [5.74, 6) is 2.35. The number of hydrogen-bond donors (Lipinski definition) is 0. The minimum absolute atomic E-state index is 0.0651. The van der Waals surface area contributed by atoms with Gasteiger partial charge in [-0.1, -0.05) is 19.0 Å². The molecule has 0 unspecified atom stereocenters. The molecule has 0 radical (unpaired) electrons. The number of carbonyl (C=O) groups excluding carboxylic acids is 2. The molecule has 6 atom stereocenters. The molecule has 0 bridgehead atoms. The van der Waals surface area contributed by atoms with E-state index in [9.17, 15) is 9.59 Å². The van der Waals surface area contributed by atoms with E-state index in [2.05, 4.69) is 23.9 Å². The van der Waals surface area contributed by atoms with Gasteiger partial charge in [0, 0.05) is 30.7 Å². The van der Waals surface area contributed by atoms with Crippen molar-refractivity contribution in [3.8, 4) is 0 Å². The highest BCUT2D eigenvalue weighted by molar-refractivity contribution is 5.93. The standard InChI is InChI=1S/C23H36N2O3/c1-22-9-7-15(24-28-12-11-25(3)4)13-19(22)20(26)14-16-17-5-6-21(27)23(17,2)10-8-18(16)22/h16-19H,5-14H2,1-4H3/b24-15+/t16-,17-,18-,19-,22+,23-/m0/s1. The molecule has 5 nitrogen and oxygen atoms in total. The Morgan fingerprint density at radius 3 is 2.61 bits per heavy atom. The van der Waals surface area contributed by atoms with Crippen molar-refractivity contribution in [3.63, 3.8) is 0 Å². The predicted octanol–water partition coefficient (Wildman–Crippen LogP) is 3.71. The molecule has 0 aliphatic heterocycles. The fourth-order valence-corrected chi connectivity index (χ4v) is 7.06. The van der Waals surface area contributed by atoms with Crippen LogP contribution in [0.4, 0.5) is 0 Å². The molecule has 4 rings (SSSR count). The fourth-order valence-electron chi connectivity index (χ4n) is 7.06. The van der Waals surface area contributed by atoms with E-state index < -0.39 is 0 Å². The Kier molecular flexibility index (Phi) is 5.18. The van der Waals surface area contributed by atoms with Gasteiger partial charge in [-0.3, -0.25) is 9.59 Å². The maximum absolute atomic E-state index is 13.2. The van der Waals surface area contributed by atoms with Crippen LogP contribution in [0.25, 0.3) is 0 Å². The van der Waals surface area contributed by atoms with Gasteiger partial charge < -0.3 is 9.74 Å². The van der Waals surface area contributed by atoms with Crippen molar-refractivity contribution in [2.75, 3.05) is 27.2 Å². The quantitative estimate of drug-likeness (QED) is 0.544. The first-order valence-electron chi connectivity index (χ1n) is 11.1. The Morgan fingerprint density at radius 1 is 1.07 bits per heavy atom. The average Bonchev–Trinajstić information content (AvgIpc) is 2.95. The summed E-state index contributed by atoms with van der Waals surface area (Å²) in [4.78, 5) is 33.4. The van der Waals surface area contributed by atoms with E-state index in [0.717, 1.165) is 57.2 Å². The summed E-state index contributed by atoms with van der Waals surface area (Å²) < 4.78 is 0. The van der Waals surface area contributed by atoms with E-state index in [0.29, 0.717) is 42.3 Å². The van der Waals surface area contributed by atoms with Gasteiger partial charge in [0.15, 0.2) is 0 Å². The normalized spacial score (nSPS) is 44.4. The summed E-state index contributed by atoms with van der Waals surface area (Å²) >= 11 is 0. The molecule has 0 N–H and O–H groups in total. The third-order valence-electron chi connectivity index (χ3n) is 8.83. The van der Waals surface area contributed by atoms with E-state index in [-0.39, 0.29) is 16.7 Å². The van der Waals surface area contributed by atoms with Crippen molar-refractivity contribution in [2.45, 2.75) is 65.2 Å². The Balaban J connectivity index is 1.49. The molecule has 28 heavy (non-hydrogen) atoms. The molecule has 0 amide bonds. The highest BCUT2D eigenvalue weighted by Gasteiger charge is 2.62. The summed E-state index contributed by atoms with van der Waals surface area (Å²) in [7, 11) is 4.04. The van der Waals surface area contributed by atoms with Crippen LogP contribution in [0, 0.1) is 34.5 Å². The summed E-state index contributed by atoms with van der Waals surface area (Å²) in [6.45, 7) is 5.97. The van der Waals surface area contributed by atoms with Crippen LogP contribution >= 0.6 is 0 Å². The van der Waals surface area contributed by atoms with E-state index in [1.54, 1.807) is 0 Å². The molecule has 0 aromatic heterocycles. The van der Waals surface area contributed by atoms with Gasteiger partial charge in [-0.2, -0.15) is 0 Å². The van der Waals surface area contributed by atoms with Gasteiger partial charge in [0.25, 0.3) is 0 Å². The second-order valence-corrected chi connectivity index (χ2v) is 10.5. The van der Waals surface area contributed by atoms with Gasteiger partial charge in [-0.25, -0.2) is 0 Å². The van der Waals surface area contributed by atoms with Crippen LogP contribution < -0.4 is 0 Å². The van der Waals surface area contributed by atoms with Gasteiger partial charge in [-0.05, 0) is 75.8 Å². The van der Waals surface area contributed by atoms with Crippen molar-refractivity contribution < 1.29 is 14.4 Å². The smallest absolute Gasteiger partial charge is 0.139 e. The number of rotatable bonds is 4. The Labute approximate surface area is 169 Å². The van der Waals surface area contributed by atoms with Crippen LogP contribution in [-0.4, -0.2) is 49.4 Å². The summed E-state index contributed by atoms with van der Waals surface area (Å²) in [6.07, 6.45) is 7.24. The van der Waals surface area contributed by atoms with Gasteiger partial charge in [-0.15, -0.1) is 0 Å². The predicted molar refractivity (Wildman–Crippen MR) is 109 cm³/mol. The number of Topliss-reactive ketones (excluding diaryl/α,β-unsaturated/α-hetero) is 2. The number of likely N-dealkylation sites (N-methyl/N-ethyl adjacent to an activating group) is 1. The highest BCUT2D eigenvalue weighted by atomic mass is 16.6. The van der Waals surface area contributed by atoms with Gasteiger partial charge in [0.1, 0.15) is 18.2 Å². The van der Waals surface area contributed by atoms with Crippen LogP contribution in [-0.2, 0) is 14.4 Å². The molecular formula is C23H36N2O3. The van der Waals surface area contributed by atoms with E-state index in [4.69, 9.17) is 4.84 Å². The zero-order chi connectivity index (χ0) is 20.1. The number of fused-ring (bicyclic) bond motifs is 5. The first-order chi connectivity index (χ1) is 13.3. The van der Waals surface area contributed by atoms with Gasteiger partial charge in [0.2, 0.25) is 0 Å². The largest absolute Gasteiger partial charge is 0.394 e. The lowest BCUT2D eigenvalue weighted by atomic mass is 9.45. The summed E-state index contributed by atoms with van der Waals surface area (Å²) in [6, 6.07) is 0. The number of ketones is 2. The molecule has 4 saturated carbocycles. The molecule has 5 heteroatoms. The maximum Gasteiger partial charge on any atom is 0.139 e. The Morgan fingerprint density at radius 2 is 1.86 bits per heavy atom. The van der Waals surface area contributed by atoms with Crippen LogP contribution in [0.15, 0.2) is 5.16 Å². The SMILES string of the molecule is CN(C)CCO/N=C1\CC[C@@]2(C)[C@@H](C1)C(=O)C[C@@H]1[C@@H]2CC[C@]2(C)C(=O)CC[C@@H]12. The minimum atomic E-state index is -0.161. The zero-order valence-electron chi connectivity index (χ0n) is 18.0. The summed E-state index contributed by atoms with van der Waals surface area (Å²) in [5, 5.41) is 4.38. The first kappa shape index (κ1) is 20.1. The first-order valence-corrected chi connectivity index (χ1v) is 11.1. The van der Waals surface area contributed by atoms with E-state index >= 15 is 0 Å². The highest BCUT2D eigenvalue weighted by Crippen LogP contribution is 2.64. The lowest BCUT2D eigenvalue weighted by Gasteiger charge is -2.58. The van der Waals surface area contributed by atoms with Gasteiger partial charge in [0.05, 0.1) is 5.71 Å². The second-order valence-electron chi connectivity index (χ2n) is 10.5. The molecule has 0 heterocycles. The van der Waals surface area contributed by atoms with Crippen molar-refractivity contribution >= 4 is 17.3 Å². The topological polar surface area (TPSA) is 59.0 Å². The number of carbonyl (C=O) groups is 2. The number of nitrogens with zero attached hydrogens (tertiary/aromatic N) is 2. The van der Waals surface area contributed by atoms with Crippen molar-refractivity contribution in [1.82, 2.24) is 4.90 Å². The van der Waals surface area contributed by atoms with Gasteiger partial charge >= 0.3 is 0 Å². The molecule has 0 saturated heterocycles. The fraction of sp³-hybridized carbons (Fsp3) is 0.870. The molecule has 4 aliphatic rings. The Hall–Kier alpha value is -1.23. The maximum atomic E-state index is 13.2. The van der Waals surface area contributed by atoms with Crippen LogP contribution in [0.2, 0.25) is 0 Å². The monoisotopic (exact) mass is 388 g/mol. The molecule has 156 valence electrons. The zero-order valence-corrected chi connectivity index (χ0v) is 18.0. The average molecular weight is 389 g/mol. The Bertz CT molecular complexity index is 687. The third kappa shape index (κ3) is 3.14. The molecule has 0 aromatic carbocycles. The number of hydrogen-bond acceptors (Lipinski definition) is 5. The third-order valence-corrected chi connectivity index (χ3v) is 8.83. The van der Waals surface area contributed by atoms with Crippen LogP contribution in [0.1, 0.15) is 65.2 Å². The van der Waals surface area contributed by atoms with Crippen LogP contribution in [0.3, 0.4) is 0 Å². The van der Waals surface area contributed by atoms with Crippen molar-refractivity contribution in [3.05, 3.63) is 0 Å². The molecule has 0 spiro atoms. The molecule has 0 aromatic rings. The lowest BCUT2D eigenvalue weighted by molar-refractivity contribution is -0.152. The van der Waals surface area contributed by atoms with Crippen LogP contribution in [0.5, 0.6) is 0 Å². The molecule has 4 fully saturated rings. The second kappa shape index (κ2) is 7.23. The molecule has 4 aliphatic carbocycles. The number of oxime groups is 1. The van der Waals surface area contributed by atoms with Crippen molar-refractivity contribution in [1.29, 1.82) is 0 Å².